The van der Waals surface area contributed by atoms with Gasteiger partial charge in [0.1, 0.15) is 23.7 Å². The van der Waals surface area contributed by atoms with Gasteiger partial charge in [-0.25, -0.2) is 9.78 Å². The highest BCUT2D eigenvalue weighted by molar-refractivity contribution is 5.91. The van der Waals surface area contributed by atoms with Gasteiger partial charge in [0.2, 0.25) is 11.9 Å². The maximum atomic E-state index is 13.8. The largest absolute Gasteiger partial charge is 0.495 e. The molecular formula is C28H30F3N5O4. The fourth-order valence-electron chi connectivity index (χ4n) is 4.52. The number of esters is 1. The number of ether oxygens (including phenoxy) is 2. The number of alkyl halides is 3. The van der Waals surface area contributed by atoms with Crippen LogP contribution < -0.4 is 20.7 Å². The number of anilines is 3. The molecular weight excluding hydrogens is 527 g/mol. The molecule has 3 aromatic rings. The van der Waals surface area contributed by atoms with Gasteiger partial charge in [-0.1, -0.05) is 43.2 Å². The third kappa shape index (κ3) is 7.39. The quantitative estimate of drug-likeness (QED) is 0.297. The van der Waals surface area contributed by atoms with E-state index in [1.165, 1.54) is 32.2 Å². The lowest BCUT2D eigenvalue weighted by molar-refractivity contribution is -0.137. The second kappa shape index (κ2) is 12.7. The SMILES string of the molecule is COc1cc(C(=O)OCc2ccccc2)ccc1Nc1ncc(C(F)(F)F)c(NC2CCCCC2NC(C)=O)n1. The van der Waals surface area contributed by atoms with Crippen molar-refractivity contribution in [2.75, 3.05) is 17.7 Å². The number of nitrogens with one attached hydrogen (secondary N) is 3. The van der Waals surface area contributed by atoms with E-state index in [9.17, 15) is 22.8 Å². The number of aromatic nitrogens is 2. The maximum absolute atomic E-state index is 13.8. The molecule has 1 aromatic heterocycles. The predicted octanol–water partition coefficient (Wildman–Crippen LogP) is 5.46. The highest BCUT2D eigenvalue weighted by Gasteiger charge is 2.37. The van der Waals surface area contributed by atoms with Crippen LogP contribution in [0.25, 0.3) is 0 Å². The highest BCUT2D eigenvalue weighted by Crippen LogP contribution is 2.36. The molecule has 0 aliphatic heterocycles. The Morgan fingerprint density at radius 2 is 1.77 bits per heavy atom. The zero-order chi connectivity index (χ0) is 28.7. The molecule has 0 bridgehead atoms. The molecule has 1 aliphatic rings. The highest BCUT2D eigenvalue weighted by atomic mass is 19.4. The minimum Gasteiger partial charge on any atom is -0.495 e. The number of benzene rings is 2. The van der Waals surface area contributed by atoms with Crippen LogP contribution in [0.3, 0.4) is 0 Å². The molecule has 1 amide bonds. The van der Waals surface area contributed by atoms with Crippen molar-refractivity contribution < 1.29 is 32.2 Å². The molecule has 1 aliphatic carbocycles. The third-order valence-corrected chi connectivity index (χ3v) is 6.47. The number of halogens is 3. The molecule has 4 rings (SSSR count). The molecule has 2 aromatic carbocycles. The van der Waals surface area contributed by atoms with Gasteiger partial charge in [-0.05, 0) is 36.6 Å². The molecule has 1 saturated carbocycles. The Morgan fingerprint density at radius 1 is 1.05 bits per heavy atom. The summed E-state index contributed by atoms with van der Waals surface area (Å²) in [5.41, 5.74) is 0.382. The number of nitrogens with zero attached hydrogens (tertiary/aromatic N) is 2. The number of carbonyl (C=O) groups is 2. The lowest BCUT2D eigenvalue weighted by Gasteiger charge is -2.33. The average Bonchev–Trinajstić information content (AvgIpc) is 2.93. The van der Waals surface area contributed by atoms with E-state index in [1.54, 1.807) is 0 Å². The van der Waals surface area contributed by atoms with Gasteiger partial charge in [0.25, 0.3) is 0 Å². The number of amides is 1. The van der Waals surface area contributed by atoms with Crippen molar-refractivity contribution in [3.05, 3.63) is 71.4 Å². The van der Waals surface area contributed by atoms with Gasteiger partial charge >= 0.3 is 12.1 Å². The summed E-state index contributed by atoms with van der Waals surface area (Å²) in [5, 5.41) is 8.59. The summed E-state index contributed by atoms with van der Waals surface area (Å²) >= 11 is 0. The van der Waals surface area contributed by atoms with E-state index in [2.05, 4.69) is 25.9 Å². The lowest BCUT2D eigenvalue weighted by atomic mass is 9.90. The molecule has 1 heterocycles. The molecule has 40 heavy (non-hydrogen) atoms. The first-order chi connectivity index (χ1) is 19.1. The summed E-state index contributed by atoms with van der Waals surface area (Å²) in [6, 6.07) is 12.9. The fourth-order valence-corrected chi connectivity index (χ4v) is 4.52. The second-order valence-corrected chi connectivity index (χ2v) is 9.40. The van der Waals surface area contributed by atoms with E-state index in [0.717, 1.165) is 18.4 Å². The molecule has 9 nitrogen and oxygen atoms in total. The van der Waals surface area contributed by atoms with Crippen LogP contribution >= 0.6 is 0 Å². The first-order valence-corrected chi connectivity index (χ1v) is 12.8. The Hall–Kier alpha value is -4.35. The van der Waals surface area contributed by atoms with Crippen LogP contribution in [0.1, 0.15) is 54.1 Å². The van der Waals surface area contributed by atoms with Crippen LogP contribution in [-0.4, -0.2) is 41.0 Å². The Balaban J connectivity index is 1.53. The zero-order valence-electron chi connectivity index (χ0n) is 22.0. The van der Waals surface area contributed by atoms with Crippen molar-refractivity contribution in [1.29, 1.82) is 0 Å². The molecule has 0 spiro atoms. The van der Waals surface area contributed by atoms with Crippen LogP contribution in [0.5, 0.6) is 5.75 Å². The van der Waals surface area contributed by atoms with E-state index in [0.29, 0.717) is 24.7 Å². The molecule has 2 atom stereocenters. The molecule has 2 unspecified atom stereocenters. The van der Waals surface area contributed by atoms with Gasteiger partial charge in [-0.3, -0.25) is 4.79 Å². The van der Waals surface area contributed by atoms with Crippen molar-refractivity contribution in [1.82, 2.24) is 15.3 Å². The van der Waals surface area contributed by atoms with Crippen molar-refractivity contribution in [3.8, 4) is 5.75 Å². The van der Waals surface area contributed by atoms with E-state index >= 15 is 0 Å². The number of hydrogen-bond donors (Lipinski definition) is 3. The van der Waals surface area contributed by atoms with Crippen LogP contribution in [0, 0.1) is 0 Å². The smallest absolute Gasteiger partial charge is 0.421 e. The summed E-state index contributed by atoms with van der Waals surface area (Å²) in [4.78, 5) is 32.2. The van der Waals surface area contributed by atoms with Gasteiger partial charge in [-0.2, -0.15) is 18.2 Å². The Kier molecular flexibility index (Phi) is 9.08. The van der Waals surface area contributed by atoms with Crippen LogP contribution in [0.2, 0.25) is 0 Å². The Morgan fingerprint density at radius 3 is 2.45 bits per heavy atom. The van der Waals surface area contributed by atoms with Crippen molar-refractivity contribution in [2.45, 2.75) is 57.5 Å². The van der Waals surface area contributed by atoms with Crippen molar-refractivity contribution in [3.63, 3.8) is 0 Å². The van der Waals surface area contributed by atoms with Crippen molar-refractivity contribution in [2.24, 2.45) is 0 Å². The fraction of sp³-hybridized carbons (Fsp3) is 0.357. The van der Waals surface area contributed by atoms with E-state index in [4.69, 9.17) is 9.47 Å². The van der Waals surface area contributed by atoms with Gasteiger partial charge in [-0.15, -0.1) is 0 Å². The van der Waals surface area contributed by atoms with Crippen LogP contribution in [0.4, 0.5) is 30.6 Å². The molecule has 3 N–H and O–H groups in total. The molecule has 0 saturated heterocycles. The third-order valence-electron chi connectivity index (χ3n) is 6.47. The minimum atomic E-state index is -4.70. The minimum absolute atomic E-state index is 0.0982. The standard InChI is InChI=1S/C28H30F3N5O4/c1-17(37)33-21-10-6-7-11-22(21)34-25-20(28(29,30)31)15-32-27(36-25)35-23-13-12-19(14-24(23)39-2)26(38)40-16-18-8-4-3-5-9-18/h3-5,8-9,12-15,21-22H,6-7,10-11,16H2,1-2H3,(H,33,37)(H2,32,34,35,36). The van der Waals surface area contributed by atoms with Gasteiger partial charge in [0.05, 0.1) is 18.4 Å². The Bertz CT molecular complexity index is 1340. The zero-order valence-corrected chi connectivity index (χ0v) is 22.0. The summed E-state index contributed by atoms with van der Waals surface area (Å²) in [6.07, 6.45) is -1.10. The summed E-state index contributed by atoms with van der Waals surface area (Å²) in [6.45, 7) is 1.47. The van der Waals surface area contributed by atoms with Crippen LogP contribution in [-0.2, 0) is 22.3 Å². The van der Waals surface area contributed by atoms with Gasteiger partial charge in [0, 0.05) is 25.2 Å². The lowest BCUT2D eigenvalue weighted by Crippen LogP contribution is -2.48. The van der Waals surface area contributed by atoms with Crippen molar-refractivity contribution >= 4 is 29.3 Å². The molecule has 212 valence electrons. The number of methoxy groups -OCH3 is 1. The van der Waals surface area contributed by atoms with Crippen LogP contribution in [0.15, 0.2) is 54.7 Å². The number of hydrogen-bond acceptors (Lipinski definition) is 8. The normalized spacial score (nSPS) is 17.0. The molecule has 1 fully saturated rings. The monoisotopic (exact) mass is 557 g/mol. The maximum Gasteiger partial charge on any atom is 0.421 e. The predicted molar refractivity (Wildman–Crippen MR) is 142 cm³/mol. The first kappa shape index (κ1) is 28.7. The topological polar surface area (TPSA) is 114 Å². The summed E-state index contributed by atoms with van der Waals surface area (Å²) < 4.78 is 52.2. The van der Waals surface area contributed by atoms with Gasteiger partial charge in [0.15, 0.2) is 0 Å². The van der Waals surface area contributed by atoms with Gasteiger partial charge < -0.3 is 25.4 Å². The van der Waals surface area contributed by atoms with E-state index < -0.39 is 29.6 Å². The molecule has 12 heteroatoms. The van der Waals surface area contributed by atoms with E-state index in [1.807, 2.05) is 30.3 Å². The number of carbonyl (C=O) groups excluding carboxylic acids is 2. The second-order valence-electron chi connectivity index (χ2n) is 9.40. The average molecular weight is 558 g/mol. The summed E-state index contributed by atoms with van der Waals surface area (Å²) in [7, 11) is 1.39. The summed E-state index contributed by atoms with van der Waals surface area (Å²) in [5.74, 6) is -1.08. The first-order valence-electron chi connectivity index (χ1n) is 12.8. The Labute approximate surface area is 229 Å². The van der Waals surface area contributed by atoms with E-state index in [-0.39, 0.29) is 35.8 Å². The number of rotatable bonds is 9. The molecule has 0 radical (unpaired) electrons.